The lowest BCUT2D eigenvalue weighted by atomic mass is 9.93. The molecule has 1 N–H and O–H groups in total. The van der Waals surface area contributed by atoms with Crippen LogP contribution in [0.4, 0.5) is 5.95 Å². The molecule has 1 amide bonds. The average molecular weight is 380 g/mol. The number of piperidine rings is 2. The van der Waals surface area contributed by atoms with Gasteiger partial charge in [-0.05, 0) is 37.4 Å². The van der Waals surface area contributed by atoms with Crippen LogP contribution < -0.4 is 10.2 Å². The number of likely N-dealkylation sites (tertiary alicyclic amines) is 1. The van der Waals surface area contributed by atoms with E-state index in [1.807, 2.05) is 0 Å². The van der Waals surface area contributed by atoms with E-state index < -0.39 is 0 Å². The molecule has 2 aliphatic rings. The molecule has 1 aromatic heterocycles. The molecule has 8 nitrogen and oxygen atoms in total. The second-order valence-electron chi connectivity index (χ2n) is 7.92. The minimum atomic E-state index is 0.0967. The molecule has 1 atom stereocenters. The smallest absolute Gasteiger partial charge is 0.266 e. The van der Waals surface area contributed by atoms with Crippen LogP contribution in [0.3, 0.4) is 0 Å². The molecule has 2 aliphatic heterocycles. The largest absolute Gasteiger partial charge is 0.383 e. The SMILES string of the molecule is COCCNC(=O)C1CCCN(C2CCN(c3noc(C(C)C)n3)CC2)C1. The van der Waals surface area contributed by atoms with Crippen molar-refractivity contribution in [3.8, 4) is 0 Å². The molecule has 2 fully saturated rings. The standard InChI is InChI=1S/C19H33N5O3/c1-14(2)18-21-19(22-27-18)23-10-6-16(7-11-23)24-9-4-5-15(13-24)17(25)20-8-12-26-3/h14-16H,4-13H2,1-3H3,(H,20,25). The Hall–Kier alpha value is -1.67. The summed E-state index contributed by atoms with van der Waals surface area (Å²) in [4.78, 5) is 21.6. The Morgan fingerprint density at radius 2 is 2.07 bits per heavy atom. The highest BCUT2D eigenvalue weighted by Crippen LogP contribution is 2.26. The van der Waals surface area contributed by atoms with E-state index in [1.54, 1.807) is 7.11 Å². The number of carbonyl (C=O) groups is 1. The highest BCUT2D eigenvalue weighted by Gasteiger charge is 2.32. The minimum Gasteiger partial charge on any atom is -0.383 e. The number of nitrogens with zero attached hydrogens (tertiary/aromatic N) is 4. The fraction of sp³-hybridized carbons (Fsp3) is 0.842. The normalized spacial score (nSPS) is 22.4. The zero-order chi connectivity index (χ0) is 19.2. The van der Waals surface area contributed by atoms with Gasteiger partial charge < -0.3 is 19.5 Å². The van der Waals surface area contributed by atoms with Crippen molar-refractivity contribution in [1.29, 1.82) is 0 Å². The molecule has 3 heterocycles. The van der Waals surface area contributed by atoms with Gasteiger partial charge in [-0.2, -0.15) is 4.98 Å². The number of anilines is 1. The number of rotatable bonds is 7. The van der Waals surface area contributed by atoms with Crippen LogP contribution >= 0.6 is 0 Å². The lowest BCUT2D eigenvalue weighted by molar-refractivity contribution is -0.127. The van der Waals surface area contributed by atoms with Crippen molar-refractivity contribution in [2.75, 3.05) is 51.3 Å². The zero-order valence-electron chi connectivity index (χ0n) is 16.8. The lowest BCUT2D eigenvalue weighted by Crippen LogP contribution is -2.51. The van der Waals surface area contributed by atoms with Crippen LogP contribution in [0.1, 0.15) is 51.3 Å². The van der Waals surface area contributed by atoms with Crippen LogP contribution in [0.2, 0.25) is 0 Å². The molecule has 0 saturated carbocycles. The first-order valence-electron chi connectivity index (χ1n) is 10.2. The molecule has 1 aromatic rings. The van der Waals surface area contributed by atoms with Crippen molar-refractivity contribution in [3.05, 3.63) is 5.89 Å². The molecule has 8 heteroatoms. The highest BCUT2D eigenvalue weighted by molar-refractivity contribution is 5.78. The van der Waals surface area contributed by atoms with E-state index in [4.69, 9.17) is 9.26 Å². The molecule has 0 spiro atoms. The molecule has 3 rings (SSSR count). The predicted molar refractivity (Wildman–Crippen MR) is 103 cm³/mol. The Labute approximate surface area is 161 Å². The molecular formula is C19H33N5O3. The maximum Gasteiger partial charge on any atom is 0.266 e. The number of aromatic nitrogens is 2. The van der Waals surface area contributed by atoms with Gasteiger partial charge in [0.1, 0.15) is 0 Å². The van der Waals surface area contributed by atoms with Crippen molar-refractivity contribution in [1.82, 2.24) is 20.4 Å². The third-order valence-corrected chi connectivity index (χ3v) is 5.62. The first-order chi connectivity index (χ1) is 13.1. The van der Waals surface area contributed by atoms with Gasteiger partial charge in [0.05, 0.1) is 12.5 Å². The minimum absolute atomic E-state index is 0.0967. The third kappa shape index (κ3) is 5.19. The number of hydrogen-bond acceptors (Lipinski definition) is 7. The van der Waals surface area contributed by atoms with Crippen LogP contribution in [0, 0.1) is 5.92 Å². The van der Waals surface area contributed by atoms with Crippen molar-refractivity contribution >= 4 is 11.9 Å². The second-order valence-corrected chi connectivity index (χ2v) is 7.92. The molecule has 0 aromatic carbocycles. The highest BCUT2D eigenvalue weighted by atomic mass is 16.5. The quantitative estimate of drug-likeness (QED) is 0.721. The van der Waals surface area contributed by atoms with Crippen molar-refractivity contribution < 1.29 is 14.1 Å². The fourth-order valence-electron chi connectivity index (χ4n) is 3.99. The number of carbonyl (C=O) groups excluding carboxylic acids is 1. The summed E-state index contributed by atoms with van der Waals surface area (Å²) in [6.45, 7) is 9.09. The van der Waals surface area contributed by atoms with Gasteiger partial charge in [0.2, 0.25) is 11.8 Å². The van der Waals surface area contributed by atoms with E-state index in [1.165, 1.54) is 0 Å². The van der Waals surface area contributed by atoms with Gasteiger partial charge in [0.15, 0.2) is 0 Å². The first-order valence-corrected chi connectivity index (χ1v) is 10.2. The maximum atomic E-state index is 12.4. The van der Waals surface area contributed by atoms with Gasteiger partial charge in [-0.3, -0.25) is 9.69 Å². The van der Waals surface area contributed by atoms with Gasteiger partial charge in [0.25, 0.3) is 5.95 Å². The van der Waals surface area contributed by atoms with Gasteiger partial charge in [-0.25, -0.2) is 0 Å². The summed E-state index contributed by atoms with van der Waals surface area (Å²) in [7, 11) is 1.65. The molecule has 2 saturated heterocycles. The molecule has 0 radical (unpaired) electrons. The summed E-state index contributed by atoms with van der Waals surface area (Å²) in [6, 6.07) is 0.535. The molecular weight excluding hydrogens is 346 g/mol. The number of methoxy groups -OCH3 is 1. The molecule has 27 heavy (non-hydrogen) atoms. The van der Waals surface area contributed by atoms with E-state index in [0.29, 0.717) is 31.0 Å². The molecule has 0 bridgehead atoms. The molecule has 152 valence electrons. The summed E-state index contributed by atoms with van der Waals surface area (Å²) in [5, 5.41) is 7.12. The van der Waals surface area contributed by atoms with E-state index in [-0.39, 0.29) is 17.7 Å². The van der Waals surface area contributed by atoms with Crippen molar-refractivity contribution in [3.63, 3.8) is 0 Å². The van der Waals surface area contributed by atoms with E-state index in [2.05, 4.69) is 39.1 Å². The van der Waals surface area contributed by atoms with E-state index in [0.717, 1.165) is 51.9 Å². The van der Waals surface area contributed by atoms with Gasteiger partial charge in [-0.15, -0.1) is 0 Å². The van der Waals surface area contributed by atoms with E-state index >= 15 is 0 Å². The molecule has 1 unspecified atom stereocenters. The first kappa shape index (κ1) is 20.1. The van der Waals surface area contributed by atoms with Crippen LogP contribution in [0.15, 0.2) is 4.52 Å². The Bertz CT molecular complexity index is 598. The molecule has 0 aliphatic carbocycles. The van der Waals surface area contributed by atoms with Gasteiger partial charge in [0, 0.05) is 45.2 Å². The van der Waals surface area contributed by atoms with Crippen molar-refractivity contribution in [2.24, 2.45) is 5.92 Å². The number of hydrogen-bond donors (Lipinski definition) is 1. The number of ether oxygens (including phenoxy) is 1. The number of amides is 1. The Kier molecular flexibility index (Phi) is 7.07. The van der Waals surface area contributed by atoms with Crippen molar-refractivity contribution in [2.45, 2.75) is 51.5 Å². The van der Waals surface area contributed by atoms with Crippen LogP contribution in [-0.4, -0.2) is 73.4 Å². The summed E-state index contributed by atoms with van der Waals surface area (Å²) in [5.41, 5.74) is 0. The second kappa shape index (κ2) is 9.50. The lowest BCUT2D eigenvalue weighted by Gasteiger charge is -2.41. The fourth-order valence-corrected chi connectivity index (χ4v) is 3.99. The monoisotopic (exact) mass is 379 g/mol. The summed E-state index contributed by atoms with van der Waals surface area (Å²) >= 11 is 0. The third-order valence-electron chi connectivity index (χ3n) is 5.62. The Morgan fingerprint density at radius 1 is 1.30 bits per heavy atom. The zero-order valence-corrected chi connectivity index (χ0v) is 16.8. The van der Waals surface area contributed by atoms with Gasteiger partial charge in [-0.1, -0.05) is 13.8 Å². The van der Waals surface area contributed by atoms with Crippen LogP contribution in [-0.2, 0) is 9.53 Å². The summed E-state index contributed by atoms with van der Waals surface area (Å²) in [5.74, 6) is 1.93. The van der Waals surface area contributed by atoms with Crippen LogP contribution in [0.5, 0.6) is 0 Å². The summed E-state index contributed by atoms with van der Waals surface area (Å²) in [6.07, 6.45) is 4.22. The van der Waals surface area contributed by atoms with Crippen LogP contribution in [0.25, 0.3) is 0 Å². The van der Waals surface area contributed by atoms with E-state index in [9.17, 15) is 4.79 Å². The Morgan fingerprint density at radius 3 is 2.74 bits per heavy atom. The Balaban J connectivity index is 1.47. The van der Waals surface area contributed by atoms with Gasteiger partial charge >= 0.3 is 0 Å². The summed E-state index contributed by atoms with van der Waals surface area (Å²) < 4.78 is 10.3. The predicted octanol–water partition coefficient (Wildman–Crippen LogP) is 1.64. The topological polar surface area (TPSA) is 83.7 Å². The number of nitrogens with one attached hydrogen (secondary N) is 1. The average Bonchev–Trinajstić information content (AvgIpc) is 3.19. The maximum absolute atomic E-state index is 12.4.